The van der Waals surface area contributed by atoms with Gasteiger partial charge in [-0.3, -0.25) is 14.9 Å². The van der Waals surface area contributed by atoms with Crippen LogP contribution in [-0.2, 0) is 27.8 Å². The first-order valence-electron chi connectivity index (χ1n) is 10.8. The molecule has 1 heterocycles. The zero-order valence-electron chi connectivity index (χ0n) is 18.7. The fraction of sp³-hybridized carbons (Fsp3) is 0.208. The van der Waals surface area contributed by atoms with E-state index in [0.717, 1.165) is 39.7 Å². The Balaban J connectivity index is 1.71. The maximum absolute atomic E-state index is 13.5. The van der Waals surface area contributed by atoms with Crippen LogP contribution in [0.25, 0.3) is 0 Å². The topological polar surface area (TPSA) is 119 Å². The van der Waals surface area contributed by atoms with Crippen LogP contribution in [0.15, 0.2) is 71.6 Å². The van der Waals surface area contributed by atoms with Gasteiger partial charge in [0.2, 0.25) is 15.9 Å². The van der Waals surface area contributed by atoms with Crippen molar-refractivity contribution in [2.24, 2.45) is 0 Å². The Morgan fingerprint density at radius 3 is 2.49 bits per heavy atom. The third kappa shape index (κ3) is 5.00. The van der Waals surface area contributed by atoms with E-state index in [9.17, 15) is 27.7 Å². The predicted octanol–water partition coefficient (Wildman–Crippen LogP) is 3.89. The van der Waals surface area contributed by atoms with E-state index in [1.165, 1.54) is 18.2 Å². The minimum atomic E-state index is -4.20. The number of rotatable bonds is 7. The van der Waals surface area contributed by atoms with Crippen molar-refractivity contribution in [2.75, 3.05) is 11.9 Å². The van der Waals surface area contributed by atoms with Crippen molar-refractivity contribution in [3.05, 3.63) is 93.8 Å². The number of anilines is 1. The van der Waals surface area contributed by atoms with Crippen LogP contribution in [0.1, 0.15) is 18.1 Å². The van der Waals surface area contributed by atoms with Gasteiger partial charge in [0, 0.05) is 6.54 Å². The molecule has 0 fully saturated rings. The lowest BCUT2D eigenvalue weighted by molar-refractivity contribution is -0.384. The largest absolute Gasteiger partial charge is 0.494 e. The van der Waals surface area contributed by atoms with E-state index in [4.69, 9.17) is 4.74 Å². The molecule has 0 saturated carbocycles. The molecule has 0 unspecified atom stereocenters. The number of hydrogen-bond donors (Lipinski definition) is 1. The average Bonchev–Trinajstić information content (AvgIpc) is 2.84. The molecule has 9 nitrogen and oxygen atoms in total. The number of benzene rings is 3. The minimum Gasteiger partial charge on any atom is -0.494 e. The van der Waals surface area contributed by atoms with Gasteiger partial charge in [-0.2, -0.15) is 4.31 Å². The van der Waals surface area contributed by atoms with E-state index in [1.54, 1.807) is 31.2 Å². The van der Waals surface area contributed by atoms with Gasteiger partial charge in [0.25, 0.3) is 5.69 Å². The summed E-state index contributed by atoms with van der Waals surface area (Å²) < 4.78 is 46.7. The molecule has 0 radical (unpaired) electrons. The summed E-state index contributed by atoms with van der Waals surface area (Å²) >= 11 is 0. The molecule has 1 atom stereocenters. The van der Waals surface area contributed by atoms with Gasteiger partial charge in [-0.25, -0.2) is 12.8 Å². The standard InChI is InChI=1S/C24H22FN3O6S/c1-2-34-19-9-12-21(22(14-19)28(30)31)26-24(29)23-13-16-5-3-4-6-17(16)15-27(23)35(32,33)20-10-7-18(25)8-11-20/h3-12,14,23H,2,13,15H2,1H3,(H,26,29)/t23-/m0/s1. The number of amides is 1. The maximum atomic E-state index is 13.5. The van der Waals surface area contributed by atoms with Crippen LogP contribution in [0.3, 0.4) is 0 Å². The van der Waals surface area contributed by atoms with E-state index in [-0.39, 0.29) is 35.0 Å². The van der Waals surface area contributed by atoms with Crippen molar-refractivity contribution in [1.82, 2.24) is 4.31 Å². The number of nitro benzene ring substituents is 1. The fourth-order valence-corrected chi connectivity index (χ4v) is 5.52. The van der Waals surface area contributed by atoms with Gasteiger partial charge in [-0.15, -0.1) is 0 Å². The molecule has 0 saturated heterocycles. The molecule has 3 aromatic rings. The summed E-state index contributed by atoms with van der Waals surface area (Å²) in [6.45, 7) is 1.96. The SMILES string of the molecule is CCOc1ccc(NC(=O)[C@@H]2Cc3ccccc3CN2S(=O)(=O)c2ccc(F)cc2)c([N+](=O)[O-])c1. The van der Waals surface area contributed by atoms with Crippen LogP contribution in [0.5, 0.6) is 5.75 Å². The minimum absolute atomic E-state index is 0.0628. The van der Waals surface area contributed by atoms with Gasteiger partial charge in [0.05, 0.1) is 22.5 Å². The van der Waals surface area contributed by atoms with Gasteiger partial charge in [0.15, 0.2) is 0 Å². The van der Waals surface area contributed by atoms with Crippen LogP contribution in [-0.4, -0.2) is 36.2 Å². The second-order valence-corrected chi connectivity index (χ2v) is 9.74. The smallest absolute Gasteiger partial charge is 0.296 e. The van der Waals surface area contributed by atoms with Crippen molar-refractivity contribution >= 4 is 27.3 Å². The molecular weight excluding hydrogens is 477 g/mol. The monoisotopic (exact) mass is 499 g/mol. The molecule has 0 aliphatic carbocycles. The molecule has 182 valence electrons. The van der Waals surface area contributed by atoms with Crippen LogP contribution in [0, 0.1) is 15.9 Å². The van der Waals surface area contributed by atoms with Crippen molar-refractivity contribution in [3.63, 3.8) is 0 Å². The lowest BCUT2D eigenvalue weighted by atomic mass is 9.95. The van der Waals surface area contributed by atoms with Crippen LogP contribution in [0.2, 0.25) is 0 Å². The Morgan fingerprint density at radius 2 is 1.83 bits per heavy atom. The highest BCUT2D eigenvalue weighted by Crippen LogP contribution is 2.32. The van der Waals surface area contributed by atoms with Gasteiger partial charge in [-0.05, 0) is 60.9 Å². The predicted molar refractivity (Wildman–Crippen MR) is 126 cm³/mol. The Morgan fingerprint density at radius 1 is 1.14 bits per heavy atom. The number of hydrogen-bond acceptors (Lipinski definition) is 6. The summed E-state index contributed by atoms with van der Waals surface area (Å²) in [6.07, 6.45) is 0.0628. The number of nitro groups is 1. The fourth-order valence-electron chi connectivity index (χ4n) is 3.96. The zero-order valence-corrected chi connectivity index (χ0v) is 19.5. The van der Waals surface area contributed by atoms with E-state index in [1.807, 2.05) is 0 Å². The van der Waals surface area contributed by atoms with Crippen molar-refractivity contribution in [1.29, 1.82) is 0 Å². The summed E-state index contributed by atoms with van der Waals surface area (Å²) in [5.41, 5.74) is 1.06. The van der Waals surface area contributed by atoms with Gasteiger partial charge in [0.1, 0.15) is 23.3 Å². The summed E-state index contributed by atoms with van der Waals surface area (Å²) in [5, 5.41) is 14.1. The van der Waals surface area contributed by atoms with Crippen molar-refractivity contribution in [2.45, 2.75) is 30.8 Å². The first kappa shape index (κ1) is 24.3. The molecule has 1 amide bonds. The molecule has 1 aliphatic heterocycles. The molecule has 1 aliphatic rings. The summed E-state index contributed by atoms with van der Waals surface area (Å²) in [5.74, 6) is -1.05. The summed E-state index contributed by atoms with van der Waals surface area (Å²) in [4.78, 5) is 24.2. The molecule has 0 aromatic heterocycles. The first-order chi connectivity index (χ1) is 16.7. The van der Waals surface area contributed by atoms with Crippen LogP contribution < -0.4 is 10.1 Å². The number of nitrogens with zero attached hydrogens (tertiary/aromatic N) is 2. The lowest BCUT2D eigenvalue weighted by Gasteiger charge is -2.35. The van der Waals surface area contributed by atoms with E-state index >= 15 is 0 Å². The van der Waals surface area contributed by atoms with Gasteiger partial charge in [-0.1, -0.05) is 24.3 Å². The molecule has 11 heteroatoms. The number of carbonyl (C=O) groups excluding carboxylic acids is 1. The first-order valence-corrected chi connectivity index (χ1v) is 12.2. The number of sulfonamides is 1. The number of fused-ring (bicyclic) bond motifs is 1. The normalized spacial score (nSPS) is 15.8. The number of nitrogens with one attached hydrogen (secondary N) is 1. The van der Waals surface area contributed by atoms with Crippen LogP contribution >= 0.6 is 0 Å². The Kier molecular flexibility index (Phi) is 6.81. The zero-order chi connectivity index (χ0) is 25.2. The van der Waals surface area contributed by atoms with Crippen LogP contribution in [0.4, 0.5) is 15.8 Å². The summed E-state index contributed by atoms with van der Waals surface area (Å²) in [7, 11) is -4.20. The average molecular weight is 500 g/mol. The molecule has 3 aromatic carbocycles. The second-order valence-electron chi connectivity index (χ2n) is 7.85. The maximum Gasteiger partial charge on any atom is 0.296 e. The van der Waals surface area contributed by atoms with E-state index in [2.05, 4.69) is 5.32 Å². The summed E-state index contributed by atoms with van der Waals surface area (Å²) in [6, 6.07) is 14.3. The van der Waals surface area contributed by atoms with E-state index < -0.39 is 32.7 Å². The molecular formula is C24H22FN3O6S. The van der Waals surface area contributed by atoms with Gasteiger partial charge < -0.3 is 10.1 Å². The Hall–Kier alpha value is -3.83. The molecule has 0 spiro atoms. The number of carbonyl (C=O) groups is 1. The lowest BCUT2D eigenvalue weighted by Crippen LogP contribution is -2.50. The quantitative estimate of drug-likeness (QED) is 0.389. The Labute approximate surface area is 201 Å². The highest BCUT2D eigenvalue weighted by molar-refractivity contribution is 7.89. The molecule has 1 N–H and O–H groups in total. The van der Waals surface area contributed by atoms with Crippen molar-refractivity contribution in [3.8, 4) is 5.75 Å². The molecule has 0 bridgehead atoms. The van der Waals surface area contributed by atoms with E-state index in [0.29, 0.717) is 6.61 Å². The highest BCUT2D eigenvalue weighted by Gasteiger charge is 2.40. The third-order valence-electron chi connectivity index (χ3n) is 5.66. The molecule has 4 rings (SSSR count). The van der Waals surface area contributed by atoms with Crippen molar-refractivity contribution < 1.29 is 27.3 Å². The number of halogens is 1. The Bertz CT molecular complexity index is 1380. The second kappa shape index (κ2) is 9.80. The third-order valence-corrected chi connectivity index (χ3v) is 7.53. The van der Waals surface area contributed by atoms with Gasteiger partial charge >= 0.3 is 0 Å². The highest BCUT2D eigenvalue weighted by atomic mass is 32.2. The molecule has 35 heavy (non-hydrogen) atoms. The number of ether oxygens (including phenoxy) is 1.